The molecule has 4 nitrogen and oxygen atoms in total. The van der Waals surface area contributed by atoms with E-state index in [-0.39, 0.29) is 11.8 Å². The molecule has 17 heavy (non-hydrogen) atoms. The molecule has 0 aromatic carbocycles. The van der Waals surface area contributed by atoms with Crippen LogP contribution in [0.15, 0.2) is 18.3 Å². The van der Waals surface area contributed by atoms with Crippen LogP contribution < -0.4 is 5.32 Å². The van der Waals surface area contributed by atoms with Crippen molar-refractivity contribution in [3.63, 3.8) is 0 Å². The summed E-state index contributed by atoms with van der Waals surface area (Å²) in [5.74, 6) is 0.181. The maximum atomic E-state index is 11.2. The average Bonchev–Trinajstić information content (AvgIpc) is 2.23. The van der Waals surface area contributed by atoms with Crippen molar-refractivity contribution < 1.29 is 8.42 Å². The topological polar surface area (TPSA) is 59.1 Å². The summed E-state index contributed by atoms with van der Waals surface area (Å²) in [6.07, 6.45) is 3.58. The molecule has 0 bridgehead atoms. The quantitative estimate of drug-likeness (QED) is 0.837. The second-order valence-electron chi connectivity index (χ2n) is 4.29. The molecule has 0 aliphatic carbocycles. The highest BCUT2D eigenvalue weighted by Crippen LogP contribution is 2.16. The molecule has 1 unspecified atom stereocenters. The van der Waals surface area contributed by atoms with Gasteiger partial charge in [0.25, 0.3) is 0 Å². The minimum atomic E-state index is -2.92. The van der Waals surface area contributed by atoms with E-state index in [1.807, 2.05) is 26.0 Å². The van der Waals surface area contributed by atoms with Crippen molar-refractivity contribution in [3.05, 3.63) is 29.6 Å². The molecule has 1 aromatic heterocycles. The van der Waals surface area contributed by atoms with Crippen LogP contribution in [0.5, 0.6) is 0 Å². The van der Waals surface area contributed by atoms with Crippen LogP contribution in [0.2, 0.25) is 0 Å². The SMILES string of the molecule is CCNC(CCS(C)(=O)=O)c1cc(C)ccn1. The lowest BCUT2D eigenvalue weighted by Crippen LogP contribution is -2.24. The largest absolute Gasteiger partial charge is 0.309 e. The fraction of sp³-hybridized carbons (Fsp3) is 0.583. The molecule has 0 saturated carbocycles. The van der Waals surface area contributed by atoms with Gasteiger partial charge < -0.3 is 5.32 Å². The van der Waals surface area contributed by atoms with E-state index in [0.29, 0.717) is 6.42 Å². The van der Waals surface area contributed by atoms with Crippen LogP contribution in [0.4, 0.5) is 0 Å². The third kappa shape index (κ3) is 5.28. The molecule has 0 radical (unpaired) electrons. The number of pyridine rings is 1. The van der Waals surface area contributed by atoms with E-state index in [0.717, 1.165) is 17.8 Å². The Labute approximate surface area is 103 Å². The number of hydrogen-bond donors (Lipinski definition) is 1. The Hall–Kier alpha value is -0.940. The first-order valence-electron chi connectivity index (χ1n) is 5.76. The summed E-state index contributed by atoms with van der Waals surface area (Å²) in [6, 6.07) is 3.94. The molecule has 1 heterocycles. The van der Waals surface area contributed by atoms with Crippen molar-refractivity contribution in [1.82, 2.24) is 10.3 Å². The first-order valence-corrected chi connectivity index (χ1v) is 7.82. The van der Waals surface area contributed by atoms with Gasteiger partial charge in [-0.2, -0.15) is 0 Å². The van der Waals surface area contributed by atoms with Crippen molar-refractivity contribution in [2.24, 2.45) is 0 Å². The van der Waals surface area contributed by atoms with Crippen LogP contribution in [0.1, 0.15) is 30.6 Å². The average molecular weight is 256 g/mol. The molecular weight excluding hydrogens is 236 g/mol. The number of nitrogens with one attached hydrogen (secondary N) is 1. The number of rotatable bonds is 6. The molecule has 96 valence electrons. The predicted octanol–water partition coefficient (Wildman–Crippen LogP) is 1.48. The zero-order valence-electron chi connectivity index (χ0n) is 10.6. The molecule has 1 rings (SSSR count). The standard InChI is InChI=1S/C12H20N2O2S/c1-4-13-11(6-8-17(3,15)16)12-9-10(2)5-7-14-12/h5,7,9,11,13H,4,6,8H2,1-3H3. The van der Waals surface area contributed by atoms with Gasteiger partial charge in [-0.15, -0.1) is 0 Å². The fourth-order valence-corrected chi connectivity index (χ4v) is 2.35. The van der Waals surface area contributed by atoms with Gasteiger partial charge in [-0.3, -0.25) is 4.98 Å². The summed E-state index contributed by atoms with van der Waals surface area (Å²) in [6.45, 7) is 4.80. The molecule has 0 saturated heterocycles. The molecule has 5 heteroatoms. The predicted molar refractivity (Wildman–Crippen MR) is 69.7 cm³/mol. The van der Waals surface area contributed by atoms with Gasteiger partial charge in [0.05, 0.1) is 17.5 Å². The zero-order valence-corrected chi connectivity index (χ0v) is 11.4. The smallest absolute Gasteiger partial charge is 0.147 e. The summed E-state index contributed by atoms with van der Waals surface area (Å²) < 4.78 is 22.4. The Morgan fingerprint density at radius 2 is 2.18 bits per heavy atom. The van der Waals surface area contributed by atoms with Crippen LogP contribution in [-0.2, 0) is 9.84 Å². The Morgan fingerprint density at radius 3 is 2.71 bits per heavy atom. The van der Waals surface area contributed by atoms with E-state index in [9.17, 15) is 8.42 Å². The highest BCUT2D eigenvalue weighted by atomic mass is 32.2. The van der Waals surface area contributed by atoms with E-state index in [2.05, 4.69) is 10.3 Å². The van der Waals surface area contributed by atoms with Crippen LogP contribution in [0.25, 0.3) is 0 Å². The van der Waals surface area contributed by atoms with E-state index >= 15 is 0 Å². The van der Waals surface area contributed by atoms with Crippen molar-refractivity contribution in [2.45, 2.75) is 26.3 Å². The van der Waals surface area contributed by atoms with Crippen molar-refractivity contribution in [2.75, 3.05) is 18.6 Å². The zero-order chi connectivity index (χ0) is 12.9. The van der Waals surface area contributed by atoms with Crippen LogP contribution >= 0.6 is 0 Å². The van der Waals surface area contributed by atoms with Gasteiger partial charge in [0, 0.05) is 12.5 Å². The van der Waals surface area contributed by atoms with E-state index in [1.54, 1.807) is 6.20 Å². The highest BCUT2D eigenvalue weighted by molar-refractivity contribution is 7.90. The maximum absolute atomic E-state index is 11.2. The summed E-state index contributed by atoms with van der Waals surface area (Å²) in [5, 5.41) is 3.27. The Kier molecular flexibility index (Phi) is 5.08. The maximum Gasteiger partial charge on any atom is 0.147 e. The summed E-state index contributed by atoms with van der Waals surface area (Å²) in [5.41, 5.74) is 2.05. The molecular formula is C12H20N2O2S. The van der Waals surface area contributed by atoms with Crippen LogP contribution in [-0.4, -0.2) is 32.0 Å². The highest BCUT2D eigenvalue weighted by Gasteiger charge is 2.14. The lowest BCUT2D eigenvalue weighted by Gasteiger charge is -2.17. The Morgan fingerprint density at radius 1 is 1.47 bits per heavy atom. The van der Waals surface area contributed by atoms with Gasteiger partial charge in [-0.25, -0.2) is 8.42 Å². The van der Waals surface area contributed by atoms with E-state index < -0.39 is 9.84 Å². The molecule has 1 aromatic rings. The number of aryl methyl sites for hydroxylation is 1. The number of hydrogen-bond acceptors (Lipinski definition) is 4. The summed E-state index contributed by atoms with van der Waals surface area (Å²) in [4.78, 5) is 4.30. The first-order chi connectivity index (χ1) is 7.92. The fourth-order valence-electron chi connectivity index (χ4n) is 1.68. The lowest BCUT2D eigenvalue weighted by molar-refractivity contribution is 0.518. The Bertz CT molecular complexity index is 457. The van der Waals surface area contributed by atoms with Gasteiger partial charge in [0.2, 0.25) is 0 Å². The minimum Gasteiger partial charge on any atom is -0.309 e. The molecule has 0 aliphatic rings. The molecule has 0 amide bonds. The second-order valence-corrected chi connectivity index (χ2v) is 6.55. The molecule has 0 fully saturated rings. The van der Waals surface area contributed by atoms with Crippen LogP contribution in [0.3, 0.4) is 0 Å². The third-order valence-corrected chi connectivity index (χ3v) is 3.50. The molecule has 0 aliphatic heterocycles. The summed E-state index contributed by atoms with van der Waals surface area (Å²) >= 11 is 0. The third-order valence-electron chi connectivity index (χ3n) is 2.52. The summed E-state index contributed by atoms with van der Waals surface area (Å²) in [7, 11) is -2.92. The van der Waals surface area contributed by atoms with Crippen LogP contribution in [0, 0.1) is 6.92 Å². The molecule has 1 atom stereocenters. The molecule has 1 N–H and O–H groups in total. The minimum absolute atomic E-state index is 0.00891. The molecule has 0 spiro atoms. The Balaban J connectivity index is 2.78. The van der Waals surface area contributed by atoms with E-state index in [4.69, 9.17) is 0 Å². The lowest BCUT2D eigenvalue weighted by atomic mass is 10.1. The first kappa shape index (κ1) is 14.1. The second kappa shape index (κ2) is 6.12. The normalized spacial score (nSPS) is 13.6. The van der Waals surface area contributed by atoms with E-state index in [1.165, 1.54) is 6.26 Å². The van der Waals surface area contributed by atoms with Gasteiger partial charge in [0.1, 0.15) is 9.84 Å². The van der Waals surface area contributed by atoms with Crippen molar-refractivity contribution in [1.29, 1.82) is 0 Å². The van der Waals surface area contributed by atoms with Crippen molar-refractivity contribution in [3.8, 4) is 0 Å². The van der Waals surface area contributed by atoms with Gasteiger partial charge >= 0.3 is 0 Å². The number of aromatic nitrogens is 1. The number of sulfone groups is 1. The van der Waals surface area contributed by atoms with Gasteiger partial charge in [-0.1, -0.05) is 6.92 Å². The monoisotopic (exact) mass is 256 g/mol. The van der Waals surface area contributed by atoms with Gasteiger partial charge in [-0.05, 0) is 37.6 Å². The number of nitrogens with zero attached hydrogens (tertiary/aromatic N) is 1. The van der Waals surface area contributed by atoms with Gasteiger partial charge in [0.15, 0.2) is 0 Å². The van der Waals surface area contributed by atoms with Crippen molar-refractivity contribution >= 4 is 9.84 Å².